The molecule has 4 aliphatic rings. The fourth-order valence-electron chi connectivity index (χ4n) is 7.96. The molecule has 0 atom stereocenters. The summed E-state index contributed by atoms with van der Waals surface area (Å²) >= 11 is 6.43. The molecule has 4 aliphatic carbocycles. The second-order valence-corrected chi connectivity index (χ2v) is 11.6. The van der Waals surface area contributed by atoms with Crippen molar-refractivity contribution >= 4 is 33.5 Å². The molecule has 4 saturated carbocycles. The smallest absolute Gasteiger partial charge is 0.226 e. The van der Waals surface area contributed by atoms with Gasteiger partial charge < -0.3 is 4.42 Å². The Balaban J connectivity index is 1.18. The van der Waals surface area contributed by atoms with Crippen LogP contribution in [0.25, 0.3) is 44.7 Å². The number of aromatic nitrogens is 3. The Hall–Kier alpha value is -3.24. The van der Waals surface area contributed by atoms with E-state index in [4.69, 9.17) is 21.0 Å². The van der Waals surface area contributed by atoms with Crippen LogP contribution < -0.4 is 0 Å². The molecule has 2 aromatic heterocycles. The highest BCUT2D eigenvalue weighted by molar-refractivity contribution is 6.28. The zero-order valence-corrected chi connectivity index (χ0v) is 20.7. The molecule has 4 fully saturated rings. The zero-order chi connectivity index (χ0) is 23.9. The van der Waals surface area contributed by atoms with Gasteiger partial charge in [0.05, 0.1) is 5.56 Å². The topological polar surface area (TPSA) is 51.8 Å². The molecule has 3 aromatic carbocycles. The molecule has 5 aromatic rings. The molecule has 4 bridgehead atoms. The predicted octanol–water partition coefficient (Wildman–Crippen LogP) is 8.23. The normalized spacial score (nSPS) is 26.8. The third kappa shape index (κ3) is 3.17. The van der Waals surface area contributed by atoms with E-state index >= 15 is 0 Å². The third-order valence-corrected chi connectivity index (χ3v) is 9.22. The van der Waals surface area contributed by atoms with Crippen LogP contribution >= 0.6 is 11.6 Å². The standard InChI is InChI=1S/C31H26ClN3O/c32-30-34-28(21-8-10-22(11-9-21)31-15-18-12-19(16-31)14-20(13-18)17-31)33-29(35-30)25-6-3-5-24-23-4-1-2-7-26(23)36-27(24)25/h1-11,18-20H,12-17H2. The third-order valence-electron chi connectivity index (χ3n) is 9.05. The summed E-state index contributed by atoms with van der Waals surface area (Å²) in [6.45, 7) is 0. The molecule has 0 N–H and O–H groups in total. The molecule has 2 heterocycles. The molecular formula is C31H26ClN3O. The van der Waals surface area contributed by atoms with E-state index < -0.39 is 0 Å². The molecule has 0 spiro atoms. The van der Waals surface area contributed by atoms with Crippen molar-refractivity contribution in [1.29, 1.82) is 0 Å². The van der Waals surface area contributed by atoms with E-state index in [0.717, 1.165) is 50.8 Å². The Morgan fingerprint density at radius 3 is 2.11 bits per heavy atom. The number of hydrogen-bond donors (Lipinski definition) is 0. The first-order valence-electron chi connectivity index (χ1n) is 13.1. The number of benzene rings is 3. The highest BCUT2D eigenvalue weighted by atomic mass is 35.5. The van der Waals surface area contributed by atoms with Crippen molar-refractivity contribution in [3.63, 3.8) is 0 Å². The first-order chi connectivity index (χ1) is 17.6. The van der Waals surface area contributed by atoms with Gasteiger partial charge in [0, 0.05) is 16.3 Å². The second kappa shape index (κ2) is 7.63. The number of hydrogen-bond acceptors (Lipinski definition) is 4. The summed E-state index contributed by atoms with van der Waals surface area (Å²) in [4.78, 5) is 13.8. The van der Waals surface area contributed by atoms with Crippen LogP contribution in [0.2, 0.25) is 5.28 Å². The van der Waals surface area contributed by atoms with Crippen molar-refractivity contribution in [2.24, 2.45) is 17.8 Å². The predicted molar refractivity (Wildman–Crippen MR) is 143 cm³/mol. The molecular weight excluding hydrogens is 466 g/mol. The van der Waals surface area contributed by atoms with Gasteiger partial charge in [-0.2, -0.15) is 9.97 Å². The van der Waals surface area contributed by atoms with Gasteiger partial charge in [0.15, 0.2) is 11.6 Å². The average molecular weight is 492 g/mol. The SMILES string of the molecule is Clc1nc(-c2ccc(C34CC5CC(CC(C5)C3)C4)cc2)nc(-c2cccc3c2oc2ccccc23)n1. The van der Waals surface area contributed by atoms with Crippen LogP contribution in [0, 0.1) is 17.8 Å². The summed E-state index contributed by atoms with van der Waals surface area (Å²) < 4.78 is 6.21. The number of fused-ring (bicyclic) bond motifs is 3. The molecule has 5 heteroatoms. The van der Waals surface area contributed by atoms with Crippen molar-refractivity contribution < 1.29 is 4.42 Å². The lowest BCUT2D eigenvalue weighted by Gasteiger charge is -2.57. The second-order valence-electron chi connectivity index (χ2n) is 11.3. The first-order valence-corrected chi connectivity index (χ1v) is 13.4. The minimum atomic E-state index is 0.188. The monoisotopic (exact) mass is 491 g/mol. The Kier molecular flexibility index (Phi) is 4.43. The van der Waals surface area contributed by atoms with Gasteiger partial charge in [0.1, 0.15) is 11.2 Å². The molecule has 0 aliphatic heterocycles. The van der Waals surface area contributed by atoms with Gasteiger partial charge in [-0.1, -0.05) is 54.6 Å². The van der Waals surface area contributed by atoms with Crippen LogP contribution in [0.4, 0.5) is 0 Å². The number of para-hydroxylation sites is 2. The molecule has 36 heavy (non-hydrogen) atoms. The molecule has 178 valence electrons. The Morgan fingerprint density at radius 1 is 0.694 bits per heavy atom. The van der Waals surface area contributed by atoms with Crippen molar-refractivity contribution in [2.45, 2.75) is 43.9 Å². The molecule has 0 unspecified atom stereocenters. The maximum Gasteiger partial charge on any atom is 0.226 e. The molecule has 0 radical (unpaired) electrons. The van der Waals surface area contributed by atoms with E-state index in [0.29, 0.717) is 17.1 Å². The zero-order valence-electron chi connectivity index (χ0n) is 20.0. The van der Waals surface area contributed by atoms with Crippen LogP contribution in [0.5, 0.6) is 0 Å². The Morgan fingerprint density at radius 2 is 1.36 bits per heavy atom. The summed E-state index contributed by atoms with van der Waals surface area (Å²) in [5.74, 6) is 3.92. The first kappa shape index (κ1) is 20.9. The van der Waals surface area contributed by atoms with Crippen LogP contribution in [0.15, 0.2) is 71.1 Å². The van der Waals surface area contributed by atoms with Crippen molar-refractivity contribution in [3.8, 4) is 22.8 Å². The van der Waals surface area contributed by atoms with E-state index in [9.17, 15) is 0 Å². The van der Waals surface area contributed by atoms with E-state index in [1.54, 1.807) is 0 Å². The Labute approximate surface area is 214 Å². The fourth-order valence-corrected chi connectivity index (χ4v) is 8.12. The lowest BCUT2D eigenvalue weighted by molar-refractivity contribution is -0.00518. The van der Waals surface area contributed by atoms with E-state index in [1.807, 2.05) is 30.3 Å². The highest BCUT2D eigenvalue weighted by Gasteiger charge is 2.51. The van der Waals surface area contributed by atoms with Crippen molar-refractivity contribution in [2.75, 3.05) is 0 Å². The average Bonchev–Trinajstić information content (AvgIpc) is 3.27. The highest BCUT2D eigenvalue weighted by Crippen LogP contribution is 2.60. The van der Waals surface area contributed by atoms with Crippen molar-refractivity contribution in [3.05, 3.63) is 77.6 Å². The summed E-state index contributed by atoms with van der Waals surface area (Å²) in [5.41, 5.74) is 5.28. The van der Waals surface area contributed by atoms with Gasteiger partial charge in [0.2, 0.25) is 5.28 Å². The van der Waals surface area contributed by atoms with Gasteiger partial charge in [-0.25, -0.2) is 4.98 Å². The van der Waals surface area contributed by atoms with Crippen LogP contribution in [-0.4, -0.2) is 15.0 Å². The largest absolute Gasteiger partial charge is 0.455 e. The minimum Gasteiger partial charge on any atom is -0.455 e. The number of nitrogens with zero attached hydrogens (tertiary/aromatic N) is 3. The Bertz CT molecular complexity index is 1600. The van der Waals surface area contributed by atoms with Gasteiger partial charge in [-0.3, -0.25) is 0 Å². The van der Waals surface area contributed by atoms with E-state index in [-0.39, 0.29) is 5.28 Å². The molecule has 0 amide bonds. The molecule has 4 nitrogen and oxygen atoms in total. The fraction of sp³-hybridized carbons (Fsp3) is 0.323. The van der Waals surface area contributed by atoms with E-state index in [1.165, 1.54) is 44.1 Å². The molecule has 9 rings (SSSR count). The van der Waals surface area contributed by atoms with Crippen LogP contribution in [0.1, 0.15) is 44.1 Å². The summed E-state index contributed by atoms with van der Waals surface area (Å²) in [6, 6.07) is 23.1. The number of rotatable bonds is 3. The number of halogens is 1. The quantitative estimate of drug-likeness (QED) is 0.255. The minimum absolute atomic E-state index is 0.188. The summed E-state index contributed by atoms with van der Waals surface area (Å²) in [6.07, 6.45) is 8.47. The lowest BCUT2D eigenvalue weighted by atomic mass is 9.48. The number of furan rings is 1. The van der Waals surface area contributed by atoms with Crippen LogP contribution in [0.3, 0.4) is 0 Å². The summed E-state index contributed by atoms with van der Waals surface area (Å²) in [7, 11) is 0. The maximum absolute atomic E-state index is 6.43. The van der Waals surface area contributed by atoms with Gasteiger partial charge in [-0.15, -0.1) is 0 Å². The van der Waals surface area contributed by atoms with Gasteiger partial charge in [0.25, 0.3) is 0 Å². The van der Waals surface area contributed by atoms with Gasteiger partial charge in [-0.05, 0) is 91.0 Å². The molecule has 0 saturated heterocycles. The van der Waals surface area contributed by atoms with E-state index in [2.05, 4.69) is 46.4 Å². The summed E-state index contributed by atoms with van der Waals surface area (Å²) in [5, 5.41) is 2.31. The van der Waals surface area contributed by atoms with Crippen LogP contribution in [-0.2, 0) is 5.41 Å². The van der Waals surface area contributed by atoms with Gasteiger partial charge >= 0.3 is 0 Å². The lowest BCUT2D eigenvalue weighted by Crippen LogP contribution is -2.48. The van der Waals surface area contributed by atoms with Crippen molar-refractivity contribution in [1.82, 2.24) is 15.0 Å². The maximum atomic E-state index is 6.43.